The largest absolute Gasteiger partial charge is 0.478 e. The van der Waals surface area contributed by atoms with E-state index in [2.05, 4.69) is 0 Å². The van der Waals surface area contributed by atoms with Gasteiger partial charge >= 0.3 is 5.97 Å². The average molecular weight is 649 g/mol. The molecule has 0 saturated carbocycles. The molecule has 0 aromatic heterocycles. The Hall–Kier alpha value is -2.34. The summed E-state index contributed by atoms with van der Waals surface area (Å²) in [4.78, 5) is 20.4. The number of benzene rings is 1. The zero-order valence-electron chi connectivity index (χ0n) is 26.5. The van der Waals surface area contributed by atoms with Crippen LogP contribution in [0.15, 0.2) is 30.3 Å². The lowest BCUT2D eigenvalue weighted by molar-refractivity contribution is -0.131. The van der Waals surface area contributed by atoms with Gasteiger partial charge < -0.3 is 57.6 Å². The fraction of sp³-hybridized carbons (Fsp3) is 0.677. The Morgan fingerprint density at radius 3 is 1.09 bits per heavy atom. The van der Waals surface area contributed by atoms with Crippen molar-refractivity contribution in [1.29, 1.82) is 0 Å². The van der Waals surface area contributed by atoms with Crippen LogP contribution in [0.1, 0.15) is 15.9 Å². The van der Waals surface area contributed by atoms with E-state index in [4.69, 9.17) is 57.6 Å². The molecule has 0 heterocycles. The quantitative estimate of drug-likeness (QED) is 0.0653. The summed E-state index contributed by atoms with van der Waals surface area (Å²) < 4.78 is 52.9. The third kappa shape index (κ3) is 34.4. The highest BCUT2D eigenvalue weighted by Crippen LogP contribution is 2.04. The highest BCUT2D eigenvalue weighted by molar-refractivity contribution is 5.85. The fourth-order valence-corrected chi connectivity index (χ4v) is 2.92. The van der Waals surface area contributed by atoms with Crippen LogP contribution in [-0.2, 0) is 52.2 Å². The summed E-state index contributed by atoms with van der Waals surface area (Å²) >= 11 is 0. The molecule has 1 rings (SSSR count). The van der Waals surface area contributed by atoms with Crippen LogP contribution in [0, 0.1) is 0 Å². The molecule has 260 valence electrons. The van der Waals surface area contributed by atoms with Gasteiger partial charge in [-0.3, -0.25) is 4.79 Å². The molecule has 14 heteroatoms. The van der Waals surface area contributed by atoms with E-state index < -0.39 is 5.97 Å². The number of aliphatic carboxylic acids is 1. The lowest BCUT2D eigenvalue weighted by atomic mass is 10.1. The topological polar surface area (TPSA) is 167 Å². The smallest absolute Gasteiger partial charge is 0.328 e. The number of rotatable bonds is 32. The number of carbonyl (C=O) groups excluding carboxylic acids is 1. The Morgan fingerprint density at radius 1 is 0.533 bits per heavy atom. The minimum Gasteiger partial charge on any atom is -0.478 e. The second-order valence-corrected chi connectivity index (χ2v) is 8.68. The molecule has 0 amide bonds. The molecule has 0 unspecified atom stereocenters. The molecule has 0 atom stereocenters. The summed E-state index contributed by atoms with van der Waals surface area (Å²) in [6.45, 7) is 9.89. The highest BCUT2D eigenvalue weighted by Gasteiger charge is 1.96. The van der Waals surface area contributed by atoms with E-state index in [1.165, 1.54) is 6.08 Å². The van der Waals surface area contributed by atoms with Crippen LogP contribution in [0.3, 0.4) is 0 Å². The van der Waals surface area contributed by atoms with Gasteiger partial charge in [-0.1, -0.05) is 24.3 Å². The highest BCUT2D eigenvalue weighted by atomic mass is 16.6. The maximum absolute atomic E-state index is 10.3. The maximum Gasteiger partial charge on any atom is 0.328 e. The molecule has 0 saturated heterocycles. The number of aliphatic hydroxyl groups excluding tert-OH is 1. The fourth-order valence-electron chi connectivity index (χ4n) is 2.92. The number of hydrogen-bond donors (Lipinski definition) is 2. The zero-order valence-corrected chi connectivity index (χ0v) is 26.5. The van der Waals surface area contributed by atoms with Crippen LogP contribution >= 0.6 is 0 Å². The predicted molar refractivity (Wildman–Crippen MR) is 165 cm³/mol. The van der Waals surface area contributed by atoms with Crippen LogP contribution < -0.4 is 0 Å². The normalized spacial score (nSPS) is 11.1. The molecule has 0 spiro atoms. The molecule has 0 fully saturated rings. The van der Waals surface area contributed by atoms with Crippen LogP contribution in [0.4, 0.5) is 0 Å². The number of carboxylic acids is 1. The monoisotopic (exact) mass is 648 g/mol. The lowest BCUT2D eigenvalue weighted by Crippen LogP contribution is -2.15. The Balaban J connectivity index is 0.00000123. The lowest BCUT2D eigenvalue weighted by Gasteiger charge is -2.08. The number of methoxy groups -OCH3 is 1. The molecule has 0 aliphatic rings. The van der Waals surface area contributed by atoms with Gasteiger partial charge in [-0.15, -0.1) is 0 Å². The minimum atomic E-state index is -0.987. The standard InChI is InChI=1S/C21H44O11.C10H8O3/c1-23-4-5-25-8-9-27-12-13-29-16-17-31-20-21-32-19-18-30-15-14-28-11-10-26-7-6-24-3-2-22;11-7-9-3-1-8(2-4-9)5-6-10(12)13/h22H,2-21H2,1H3;1-7H,(H,12,13). The van der Waals surface area contributed by atoms with E-state index in [0.29, 0.717) is 131 Å². The first-order valence-electron chi connectivity index (χ1n) is 14.9. The van der Waals surface area contributed by atoms with Crippen molar-refractivity contribution in [1.82, 2.24) is 0 Å². The van der Waals surface area contributed by atoms with Crippen LogP contribution in [-0.4, -0.2) is 162 Å². The van der Waals surface area contributed by atoms with Crippen molar-refractivity contribution in [2.24, 2.45) is 0 Å². The van der Waals surface area contributed by atoms with E-state index in [-0.39, 0.29) is 6.61 Å². The maximum atomic E-state index is 10.3. The first-order valence-corrected chi connectivity index (χ1v) is 14.9. The summed E-state index contributed by atoms with van der Waals surface area (Å²) in [6, 6.07) is 6.63. The first kappa shape index (κ1) is 42.7. The molecule has 1 aromatic rings. The van der Waals surface area contributed by atoms with E-state index in [9.17, 15) is 9.59 Å². The van der Waals surface area contributed by atoms with Gasteiger partial charge in [0.1, 0.15) is 6.29 Å². The van der Waals surface area contributed by atoms with Crippen molar-refractivity contribution >= 4 is 18.3 Å². The van der Waals surface area contributed by atoms with Crippen molar-refractivity contribution in [2.45, 2.75) is 0 Å². The molecule has 2 N–H and O–H groups in total. The van der Waals surface area contributed by atoms with Gasteiger partial charge in [0.05, 0.1) is 132 Å². The van der Waals surface area contributed by atoms with E-state index in [0.717, 1.165) is 17.9 Å². The number of aldehydes is 1. The van der Waals surface area contributed by atoms with E-state index in [1.807, 2.05) is 0 Å². The molecular formula is C31H52O14. The van der Waals surface area contributed by atoms with Crippen LogP contribution in [0.25, 0.3) is 6.08 Å². The molecule has 0 bridgehead atoms. The van der Waals surface area contributed by atoms with Crippen molar-refractivity contribution in [3.63, 3.8) is 0 Å². The van der Waals surface area contributed by atoms with Gasteiger partial charge in [0.2, 0.25) is 0 Å². The van der Waals surface area contributed by atoms with Crippen molar-refractivity contribution in [2.75, 3.05) is 139 Å². The Morgan fingerprint density at radius 2 is 0.822 bits per heavy atom. The van der Waals surface area contributed by atoms with E-state index >= 15 is 0 Å². The molecule has 0 aliphatic heterocycles. The molecule has 14 nitrogen and oxygen atoms in total. The van der Waals surface area contributed by atoms with Crippen molar-refractivity contribution < 1.29 is 67.2 Å². The summed E-state index contributed by atoms with van der Waals surface area (Å²) in [5, 5.41) is 16.9. The number of hydrogen-bond acceptors (Lipinski definition) is 13. The number of carbonyl (C=O) groups is 2. The Bertz CT molecular complexity index is 761. The van der Waals surface area contributed by atoms with Crippen LogP contribution in [0.5, 0.6) is 0 Å². The molecule has 0 aliphatic carbocycles. The summed E-state index contributed by atoms with van der Waals surface area (Å²) in [5.74, 6) is -0.987. The number of ether oxygens (including phenoxy) is 10. The molecule has 0 radical (unpaired) electrons. The van der Waals surface area contributed by atoms with Crippen LogP contribution in [0.2, 0.25) is 0 Å². The number of aliphatic hydroxyl groups is 1. The molecular weight excluding hydrogens is 596 g/mol. The summed E-state index contributed by atoms with van der Waals surface area (Å²) in [5.41, 5.74) is 1.33. The summed E-state index contributed by atoms with van der Waals surface area (Å²) in [7, 11) is 1.64. The third-order valence-electron chi connectivity index (χ3n) is 5.13. The average Bonchev–Trinajstić information content (AvgIpc) is 3.05. The predicted octanol–water partition coefficient (Wildman–Crippen LogP) is 1.37. The van der Waals surface area contributed by atoms with Gasteiger partial charge in [-0.25, -0.2) is 4.79 Å². The zero-order chi connectivity index (χ0) is 32.9. The van der Waals surface area contributed by atoms with Crippen molar-refractivity contribution in [3.05, 3.63) is 41.5 Å². The molecule has 1 aromatic carbocycles. The second kappa shape index (κ2) is 36.1. The Labute approximate surface area is 266 Å². The second-order valence-electron chi connectivity index (χ2n) is 8.68. The number of carboxylic acid groups (broad SMARTS) is 1. The first-order chi connectivity index (χ1) is 22.1. The van der Waals surface area contributed by atoms with Gasteiger partial charge in [0, 0.05) is 18.7 Å². The van der Waals surface area contributed by atoms with Gasteiger partial charge in [0.25, 0.3) is 0 Å². The third-order valence-corrected chi connectivity index (χ3v) is 5.13. The summed E-state index contributed by atoms with van der Waals surface area (Å²) in [6.07, 6.45) is 3.26. The van der Waals surface area contributed by atoms with Gasteiger partial charge in [0.15, 0.2) is 0 Å². The molecule has 45 heavy (non-hydrogen) atoms. The minimum absolute atomic E-state index is 0.0301. The Kier molecular flexibility index (Phi) is 34.3. The van der Waals surface area contributed by atoms with E-state index in [1.54, 1.807) is 31.4 Å². The van der Waals surface area contributed by atoms with Crippen molar-refractivity contribution in [3.8, 4) is 0 Å². The SMILES string of the molecule is COCCOCCOCCOCCOCCOCCOCCOCCOCCOCCO.O=Cc1ccc(C=CC(=O)O)cc1. The van der Waals surface area contributed by atoms with Gasteiger partial charge in [-0.05, 0) is 11.6 Å². The van der Waals surface area contributed by atoms with Gasteiger partial charge in [-0.2, -0.15) is 0 Å².